The first-order valence-electron chi connectivity index (χ1n) is 6.42. The van der Waals surface area contributed by atoms with Gasteiger partial charge in [0.05, 0.1) is 16.7 Å². The number of rotatable bonds is 3. The van der Waals surface area contributed by atoms with Gasteiger partial charge >= 0.3 is 12.1 Å². The second-order valence-electron chi connectivity index (χ2n) is 4.49. The zero-order valence-electron chi connectivity index (χ0n) is 11.8. The zero-order chi connectivity index (χ0) is 16.5. The van der Waals surface area contributed by atoms with Crippen LogP contribution in [0.4, 0.5) is 13.2 Å². The molecule has 1 aromatic heterocycles. The van der Waals surface area contributed by atoms with Crippen molar-refractivity contribution in [2.75, 3.05) is 0 Å². The van der Waals surface area contributed by atoms with E-state index in [9.17, 15) is 18.0 Å². The Morgan fingerprint density at radius 3 is 2.45 bits per heavy atom. The van der Waals surface area contributed by atoms with Crippen LogP contribution in [0, 0.1) is 0 Å². The third-order valence-corrected chi connectivity index (χ3v) is 3.17. The van der Waals surface area contributed by atoms with Crippen molar-refractivity contribution in [2.24, 2.45) is 0 Å². The number of para-hydroxylation sites is 1. The van der Waals surface area contributed by atoms with E-state index < -0.39 is 17.7 Å². The van der Waals surface area contributed by atoms with Crippen LogP contribution in [0.5, 0.6) is 0 Å². The molecule has 1 aromatic carbocycles. The van der Waals surface area contributed by atoms with Gasteiger partial charge in [-0.3, -0.25) is 0 Å². The second-order valence-corrected chi connectivity index (χ2v) is 4.49. The number of carbonyl (C=O) groups is 1. The van der Waals surface area contributed by atoms with Crippen LogP contribution in [0.15, 0.2) is 35.9 Å². The fraction of sp³-hybridized carbons (Fsp3) is 0.200. The number of allylic oxidation sites excluding steroid dienone is 4. The van der Waals surface area contributed by atoms with E-state index in [4.69, 9.17) is 5.11 Å². The SMILES string of the molecule is CC=C(C(=CC)C(F)(F)F)c1nc2c(C(=O)O)cccc2[nH]1. The van der Waals surface area contributed by atoms with Gasteiger partial charge in [-0.1, -0.05) is 18.2 Å². The zero-order valence-corrected chi connectivity index (χ0v) is 11.8. The summed E-state index contributed by atoms with van der Waals surface area (Å²) in [4.78, 5) is 17.9. The van der Waals surface area contributed by atoms with Crippen LogP contribution in [0.3, 0.4) is 0 Å². The molecule has 0 atom stereocenters. The number of H-pyrrole nitrogens is 1. The van der Waals surface area contributed by atoms with E-state index in [2.05, 4.69) is 9.97 Å². The van der Waals surface area contributed by atoms with E-state index >= 15 is 0 Å². The van der Waals surface area contributed by atoms with E-state index in [1.165, 1.54) is 32.1 Å². The maximum absolute atomic E-state index is 13.1. The molecule has 0 saturated heterocycles. The molecule has 0 bridgehead atoms. The van der Waals surface area contributed by atoms with Gasteiger partial charge in [-0.2, -0.15) is 13.2 Å². The number of hydrogen-bond acceptors (Lipinski definition) is 2. The second kappa shape index (κ2) is 5.67. The number of halogens is 3. The van der Waals surface area contributed by atoms with Gasteiger partial charge in [0.2, 0.25) is 0 Å². The Hall–Kier alpha value is -2.57. The fourth-order valence-electron chi connectivity index (χ4n) is 2.22. The van der Waals surface area contributed by atoms with E-state index in [0.29, 0.717) is 5.52 Å². The minimum absolute atomic E-state index is 0.0170. The number of carboxylic acid groups (broad SMARTS) is 1. The average molecular weight is 310 g/mol. The van der Waals surface area contributed by atoms with Gasteiger partial charge in [0, 0.05) is 5.57 Å². The van der Waals surface area contributed by atoms with Gasteiger partial charge < -0.3 is 10.1 Å². The molecule has 0 aliphatic heterocycles. The molecular weight excluding hydrogens is 297 g/mol. The summed E-state index contributed by atoms with van der Waals surface area (Å²) in [5.41, 5.74) is -0.521. The number of nitrogens with zero attached hydrogens (tertiary/aromatic N) is 1. The minimum Gasteiger partial charge on any atom is -0.478 e. The number of alkyl halides is 3. The van der Waals surface area contributed by atoms with Gasteiger partial charge in [0.15, 0.2) is 0 Å². The van der Waals surface area contributed by atoms with E-state index in [-0.39, 0.29) is 22.5 Å². The maximum atomic E-state index is 13.1. The van der Waals surface area contributed by atoms with Crippen LogP contribution in [0.2, 0.25) is 0 Å². The van der Waals surface area contributed by atoms with Crippen molar-refractivity contribution in [1.82, 2.24) is 9.97 Å². The number of hydrogen-bond donors (Lipinski definition) is 2. The molecule has 2 aromatic rings. The first kappa shape index (κ1) is 15.8. The van der Waals surface area contributed by atoms with Crippen LogP contribution in [-0.4, -0.2) is 27.2 Å². The molecule has 0 saturated carbocycles. The molecule has 4 nitrogen and oxygen atoms in total. The predicted molar refractivity (Wildman–Crippen MR) is 76.5 cm³/mol. The molecule has 22 heavy (non-hydrogen) atoms. The monoisotopic (exact) mass is 310 g/mol. The lowest BCUT2D eigenvalue weighted by Gasteiger charge is -2.13. The van der Waals surface area contributed by atoms with Gasteiger partial charge in [-0.15, -0.1) is 0 Å². The number of imidazole rings is 1. The molecule has 2 rings (SSSR count). The molecule has 0 aliphatic carbocycles. The van der Waals surface area contributed by atoms with Crippen LogP contribution < -0.4 is 0 Å². The third kappa shape index (κ3) is 2.74. The Bertz CT molecular complexity index is 786. The maximum Gasteiger partial charge on any atom is 0.416 e. The Morgan fingerprint density at radius 1 is 1.27 bits per heavy atom. The molecule has 0 unspecified atom stereocenters. The molecule has 7 heteroatoms. The molecule has 0 fully saturated rings. The lowest BCUT2D eigenvalue weighted by molar-refractivity contribution is -0.0872. The van der Waals surface area contributed by atoms with E-state index in [1.54, 1.807) is 6.07 Å². The highest BCUT2D eigenvalue weighted by atomic mass is 19.4. The van der Waals surface area contributed by atoms with Crippen LogP contribution in [0.25, 0.3) is 16.6 Å². The van der Waals surface area contributed by atoms with Crippen LogP contribution >= 0.6 is 0 Å². The van der Waals surface area contributed by atoms with Gasteiger partial charge in [0.25, 0.3) is 0 Å². The summed E-state index contributed by atoms with van der Waals surface area (Å²) in [5, 5.41) is 9.11. The quantitative estimate of drug-likeness (QED) is 0.836. The number of carboxylic acids is 1. The Balaban J connectivity index is 2.64. The van der Waals surface area contributed by atoms with Crippen molar-refractivity contribution in [1.29, 1.82) is 0 Å². The van der Waals surface area contributed by atoms with Crippen LogP contribution in [-0.2, 0) is 0 Å². The van der Waals surface area contributed by atoms with E-state index in [0.717, 1.165) is 6.08 Å². The first-order valence-corrected chi connectivity index (χ1v) is 6.42. The van der Waals surface area contributed by atoms with Crippen molar-refractivity contribution in [3.8, 4) is 0 Å². The number of nitrogens with one attached hydrogen (secondary N) is 1. The van der Waals surface area contributed by atoms with Crippen molar-refractivity contribution in [2.45, 2.75) is 20.0 Å². The summed E-state index contributed by atoms with van der Waals surface area (Å²) >= 11 is 0. The molecule has 0 radical (unpaired) electrons. The molecule has 0 spiro atoms. The molecule has 2 N–H and O–H groups in total. The third-order valence-electron chi connectivity index (χ3n) is 3.17. The molecule has 0 aliphatic rings. The highest BCUT2D eigenvalue weighted by Crippen LogP contribution is 2.36. The van der Waals surface area contributed by atoms with Crippen molar-refractivity contribution in [3.05, 3.63) is 47.3 Å². The number of aromatic carboxylic acids is 1. The standard InChI is InChI=1S/C15H13F3N2O2/c1-3-8(10(4-2)15(16,17)18)13-19-11-7-5-6-9(14(21)22)12(11)20-13/h3-7H,1-2H3,(H,19,20)(H,21,22). The number of benzene rings is 1. The fourth-order valence-corrected chi connectivity index (χ4v) is 2.22. The largest absolute Gasteiger partial charge is 0.478 e. The Kier molecular flexibility index (Phi) is 4.07. The molecule has 1 heterocycles. The first-order chi connectivity index (χ1) is 10.3. The summed E-state index contributed by atoms with van der Waals surface area (Å²) < 4.78 is 39.2. The summed E-state index contributed by atoms with van der Waals surface area (Å²) in [7, 11) is 0. The summed E-state index contributed by atoms with van der Waals surface area (Å²) in [6, 6.07) is 4.42. The summed E-state index contributed by atoms with van der Waals surface area (Å²) in [6.07, 6.45) is -2.27. The van der Waals surface area contributed by atoms with Gasteiger partial charge in [-0.25, -0.2) is 9.78 Å². The van der Waals surface area contributed by atoms with E-state index in [1.807, 2.05) is 0 Å². The lowest BCUT2D eigenvalue weighted by Crippen LogP contribution is -2.13. The average Bonchev–Trinajstić information content (AvgIpc) is 2.85. The predicted octanol–water partition coefficient (Wildman–Crippen LogP) is 4.17. The van der Waals surface area contributed by atoms with Crippen molar-refractivity contribution >= 4 is 22.6 Å². The molecular formula is C15H13F3N2O2. The summed E-state index contributed by atoms with van der Waals surface area (Å²) in [6.45, 7) is 2.76. The van der Waals surface area contributed by atoms with Crippen molar-refractivity contribution < 1.29 is 23.1 Å². The van der Waals surface area contributed by atoms with Crippen LogP contribution in [0.1, 0.15) is 30.0 Å². The Morgan fingerprint density at radius 2 is 1.95 bits per heavy atom. The lowest BCUT2D eigenvalue weighted by atomic mass is 10.0. The highest BCUT2D eigenvalue weighted by molar-refractivity contribution is 6.01. The topological polar surface area (TPSA) is 66.0 Å². The normalized spacial score (nSPS) is 13.7. The Labute approximate surface area is 124 Å². The minimum atomic E-state index is -4.52. The summed E-state index contributed by atoms with van der Waals surface area (Å²) in [5.74, 6) is -1.20. The van der Waals surface area contributed by atoms with Crippen molar-refractivity contribution in [3.63, 3.8) is 0 Å². The highest BCUT2D eigenvalue weighted by Gasteiger charge is 2.36. The number of aromatic nitrogens is 2. The number of fused-ring (bicyclic) bond motifs is 1. The molecule has 116 valence electrons. The number of aromatic amines is 1. The van der Waals surface area contributed by atoms with Gasteiger partial charge in [-0.05, 0) is 26.0 Å². The molecule has 0 amide bonds. The van der Waals surface area contributed by atoms with Gasteiger partial charge in [0.1, 0.15) is 11.3 Å². The smallest absolute Gasteiger partial charge is 0.416 e.